The van der Waals surface area contributed by atoms with E-state index in [4.69, 9.17) is 14.2 Å². The van der Waals surface area contributed by atoms with Crippen molar-refractivity contribution < 1.29 is 28.6 Å². The fourth-order valence-corrected chi connectivity index (χ4v) is 5.24. The van der Waals surface area contributed by atoms with Gasteiger partial charge in [-0.3, -0.25) is 0 Å². The number of hydrogen-bond donors (Lipinski definition) is 0. The maximum absolute atomic E-state index is 12.3. The Balaban J connectivity index is 4.14. The number of ether oxygens (including phenoxy) is 3. The molecule has 42 heavy (non-hydrogen) atoms. The normalized spacial score (nSPS) is 11.6. The summed E-state index contributed by atoms with van der Waals surface area (Å²) in [5.74, 6) is -1.29. The molecule has 1 rings (SSSR count). The van der Waals surface area contributed by atoms with Gasteiger partial charge in [0.15, 0.2) is 0 Å². The van der Waals surface area contributed by atoms with E-state index >= 15 is 0 Å². The number of carbonyl (C=O) groups excluding carboxylic acids is 3. The molecule has 0 fully saturated rings. The van der Waals surface area contributed by atoms with Gasteiger partial charge in [0.25, 0.3) is 0 Å². The minimum atomic E-state index is -0.449. The standard InChI is InChI=1S/C36H54O6/c1-7-10-13-16-19-28-29(20-17-14-11-8-2)32(23-26-35(38)41-5)33(24-27-36(39)42-6)30(21-18-15-12-9-3)31(28)22-25-34(37)40-4/h22-27H,7-21H2,1-6H3/b25-22+,26-23+,27-24+. The number of methoxy groups -OCH3 is 3. The summed E-state index contributed by atoms with van der Waals surface area (Å²) < 4.78 is 14.8. The third-order valence-electron chi connectivity index (χ3n) is 7.56. The number of hydrogen-bond acceptors (Lipinski definition) is 6. The highest BCUT2D eigenvalue weighted by Crippen LogP contribution is 2.36. The van der Waals surface area contributed by atoms with Crippen molar-refractivity contribution >= 4 is 36.1 Å². The summed E-state index contributed by atoms with van der Waals surface area (Å²) in [6.45, 7) is 6.59. The van der Waals surface area contributed by atoms with Gasteiger partial charge in [-0.1, -0.05) is 78.6 Å². The average molecular weight is 583 g/mol. The van der Waals surface area contributed by atoms with Crippen LogP contribution in [-0.4, -0.2) is 39.2 Å². The second-order valence-electron chi connectivity index (χ2n) is 10.7. The van der Waals surface area contributed by atoms with Gasteiger partial charge in [0, 0.05) is 18.2 Å². The summed E-state index contributed by atoms with van der Waals surface area (Å²) in [6.07, 6.45) is 25.6. The SMILES string of the molecule is CCCCCCc1c(/C=C/C(=O)OC)c(/C=C/C(=O)OC)c(CCCCCC)c(CCCCCC)c1/C=C/C(=O)OC. The topological polar surface area (TPSA) is 78.9 Å². The smallest absolute Gasteiger partial charge is 0.330 e. The van der Waals surface area contributed by atoms with Gasteiger partial charge in [0.1, 0.15) is 0 Å². The first-order valence-corrected chi connectivity index (χ1v) is 15.9. The first-order chi connectivity index (χ1) is 20.4. The monoisotopic (exact) mass is 582 g/mol. The van der Waals surface area contributed by atoms with Gasteiger partial charge in [-0.25, -0.2) is 14.4 Å². The van der Waals surface area contributed by atoms with Gasteiger partial charge in [-0.05, 0) is 90.1 Å². The molecule has 234 valence electrons. The summed E-state index contributed by atoms with van der Waals surface area (Å²) in [5.41, 5.74) is 6.28. The van der Waals surface area contributed by atoms with Crippen LogP contribution < -0.4 is 0 Å². The van der Waals surface area contributed by atoms with Crippen LogP contribution in [-0.2, 0) is 47.9 Å². The van der Waals surface area contributed by atoms with Crippen molar-refractivity contribution in [3.8, 4) is 0 Å². The first kappa shape index (κ1) is 36.9. The zero-order chi connectivity index (χ0) is 31.2. The lowest BCUT2D eigenvalue weighted by Gasteiger charge is -2.24. The van der Waals surface area contributed by atoms with Crippen LogP contribution in [0.1, 0.15) is 131 Å². The second kappa shape index (κ2) is 22.4. The molecule has 6 nitrogen and oxygen atoms in total. The van der Waals surface area contributed by atoms with Crippen molar-refractivity contribution in [2.75, 3.05) is 21.3 Å². The van der Waals surface area contributed by atoms with Crippen LogP contribution in [0.15, 0.2) is 18.2 Å². The molecule has 6 heteroatoms. The number of benzene rings is 1. The van der Waals surface area contributed by atoms with Crippen LogP contribution in [0.2, 0.25) is 0 Å². The Morgan fingerprint density at radius 2 is 0.762 bits per heavy atom. The van der Waals surface area contributed by atoms with Crippen LogP contribution in [0, 0.1) is 0 Å². The van der Waals surface area contributed by atoms with Gasteiger partial charge >= 0.3 is 17.9 Å². The van der Waals surface area contributed by atoms with Crippen molar-refractivity contribution in [1.29, 1.82) is 0 Å². The zero-order valence-corrected chi connectivity index (χ0v) is 27.0. The van der Waals surface area contributed by atoms with E-state index in [9.17, 15) is 14.4 Å². The minimum Gasteiger partial charge on any atom is -0.466 e. The zero-order valence-electron chi connectivity index (χ0n) is 27.0. The lowest BCUT2D eigenvalue weighted by atomic mass is 9.80. The van der Waals surface area contributed by atoms with E-state index in [1.807, 2.05) is 18.2 Å². The molecule has 0 saturated heterocycles. The second-order valence-corrected chi connectivity index (χ2v) is 10.7. The molecule has 0 unspecified atom stereocenters. The Hall–Kier alpha value is -3.15. The summed E-state index contributed by atoms with van der Waals surface area (Å²) in [7, 11) is 4.11. The van der Waals surface area contributed by atoms with Crippen molar-refractivity contribution in [2.45, 2.75) is 117 Å². The lowest BCUT2D eigenvalue weighted by molar-refractivity contribution is -0.135. The van der Waals surface area contributed by atoms with E-state index in [0.717, 1.165) is 124 Å². The molecule has 1 aromatic rings. The highest BCUT2D eigenvalue weighted by Gasteiger charge is 2.21. The molecular formula is C36H54O6. The molecule has 0 N–H and O–H groups in total. The largest absolute Gasteiger partial charge is 0.466 e. The van der Waals surface area contributed by atoms with Gasteiger partial charge in [-0.2, -0.15) is 0 Å². The molecule has 1 aromatic carbocycles. The summed E-state index contributed by atoms with van der Waals surface area (Å²) in [5, 5.41) is 0. The summed E-state index contributed by atoms with van der Waals surface area (Å²) in [6, 6.07) is 0. The predicted molar refractivity (Wildman–Crippen MR) is 173 cm³/mol. The Labute approximate surface area is 254 Å². The molecular weight excluding hydrogens is 528 g/mol. The van der Waals surface area contributed by atoms with Crippen LogP contribution in [0.3, 0.4) is 0 Å². The molecule has 0 heterocycles. The fourth-order valence-electron chi connectivity index (χ4n) is 5.24. The first-order valence-electron chi connectivity index (χ1n) is 15.9. The summed E-state index contributed by atoms with van der Waals surface area (Å²) in [4.78, 5) is 36.9. The Bertz CT molecular complexity index is 1060. The molecule has 0 spiro atoms. The lowest BCUT2D eigenvalue weighted by Crippen LogP contribution is -2.10. The quantitative estimate of drug-likeness (QED) is 0.0625. The fraction of sp³-hybridized carbons (Fsp3) is 0.583. The van der Waals surface area contributed by atoms with Gasteiger partial charge in [0.2, 0.25) is 0 Å². The highest BCUT2D eigenvalue weighted by molar-refractivity contribution is 5.93. The molecule has 0 aromatic heterocycles. The van der Waals surface area contributed by atoms with E-state index in [1.165, 1.54) is 45.1 Å². The van der Waals surface area contributed by atoms with Crippen LogP contribution in [0.25, 0.3) is 18.2 Å². The van der Waals surface area contributed by atoms with Crippen LogP contribution in [0.5, 0.6) is 0 Å². The van der Waals surface area contributed by atoms with Crippen molar-refractivity contribution in [2.24, 2.45) is 0 Å². The number of rotatable bonds is 21. The average Bonchev–Trinajstić information content (AvgIpc) is 3.00. The molecule has 0 aliphatic carbocycles. The van der Waals surface area contributed by atoms with Crippen molar-refractivity contribution in [3.63, 3.8) is 0 Å². The van der Waals surface area contributed by atoms with Gasteiger partial charge in [-0.15, -0.1) is 0 Å². The maximum atomic E-state index is 12.3. The number of esters is 3. The van der Waals surface area contributed by atoms with E-state index in [1.54, 1.807) is 0 Å². The van der Waals surface area contributed by atoms with Crippen LogP contribution in [0.4, 0.5) is 0 Å². The summed E-state index contributed by atoms with van der Waals surface area (Å²) >= 11 is 0. The molecule has 0 bridgehead atoms. The molecule has 0 saturated carbocycles. The minimum absolute atomic E-state index is 0.408. The third kappa shape index (κ3) is 13.2. The van der Waals surface area contributed by atoms with Crippen molar-refractivity contribution in [3.05, 3.63) is 51.6 Å². The molecule has 0 aliphatic heterocycles. The number of carbonyl (C=O) groups is 3. The van der Waals surface area contributed by atoms with Gasteiger partial charge < -0.3 is 14.2 Å². The Kier molecular flexibility index (Phi) is 19.7. The molecule has 0 amide bonds. The molecule has 0 atom stereocenters. The molecule has 0 aliphatic rings. The predicted octanol–water partition coefficient (Wildman–Crippen LogP) is 8.61. The van der Waals surface area contributed by atoms with E-state index in [2.05, 4.69) is 20.8 Å². The van der Waals surface area contributed by atoms with Crippen molar-refractivity contribution in [1.82, 2.24) is 0 Å². The number of unbranched alkanes of at least 4 members (excludes halogenated alkanes) is 9. The molecule has 0 radical (unpaired) electrons. The highest BCUT2D eigenvalue weighted by atomic mass is 16.5. The maximum Gasteiger partial charge on any atom is 0.330 e. The van der Waals surface area contributed by atoms with Crippen LogP contribution >= 0.6 is 0 Å². The van der Waals surface area contributed by atoms with Gasteiger partial charge in [0.05, 0.1) is 21.3 Å². The Morgan fingerprint density at radius 1 is 0.452 bits per heavy atom. The third-order valence-corrected chi connectivity index (χ3v) is 7.56. The van der Waals surface area contributed by atoms with E-state index < -0.39 is 17.9 Å². The Morgan fingerprint density at radius 3 is 1.12 bits per heavy atom. The van der Waals surface area contributed by atoms with E-state index in [0.29, 0.717) is 0 Å². The van der Waals surface area contributed by atoms with E-state index in [-0.39, 0.29) is 0 Å².